The second kappa shape index (κ2) is 9.42. The Morgan fingerprint density at radius 2 is 1.89 bits per heavy atom. The van der Waals surface area contributed by atoms with Crippen molar-refractivity contribution in [2.75, 3.05) is 32.7 Å². The number of hydrogen-bond acceptors (Lipinski definition) is 5. The molecule has 1 N–H and O–H groups in total. The van der Waals surface area contributed by atoms with Gasteiger partial charge in [-0.3, -0.25) is 14.8 Å². The van der Waals surface area contributed by atoms with E-state index in [4.69, 9.17) is 4.98 Å². The smallest absolute Gasteiger partial charge is 0.225 e. The molecule has 0 radical (unpaired) electrons. The highest BCUT2D eigenvalue weighted by molar-refractivity contribution is 5.97. The number of nitrogens with one attached hydrogen (secondary N) is 1. The first-order chi connectivity index (χ1) is 17.2. The Balaban J connectivity index is 1.17. The fraction of sp³-hybridized carbons (Fsp3) is 0.414. The number of hydrogen-bond donors (Lipinski definition) is 1. The Morgan fingerprint density at radius 1 is 1.06 bits per heavy atom. The third kappa shape index (κ3) is 4.43. The van der Waals surface area contributed by atoms with Crippen LogP contribution in [0, 0.1) is 11.3 Å². The average molecular weight is 468 g/mol. The normalized spacial score (nSPS) is 20.1. The number of carbonyl (C=O) groups excluding carboxylic acids is 1. The van der Waals surface area contributed by atoms with Crippen LogP contribution in [0.4, 0.5) is 0 Å². The summed E-state index contributed by atoms with van der Waals surface area (Å²) >= 11 is 0. The number of benzene rings is 1. The van der Waals surface area contributed by atoms with E-state index in [1.807, 2.05) is 24.7 Å². The van der Waals surface area contributed by atoms with Crippen LogP contribution in [0.15, 0.2) is 67.3 Å². The fourth-order valence-electron chi connectivity index (χ4n) is 6.06. The minimum absolute atomic E-state index is 0.163. The third-order valence-electron chi connectivity index (χ3n) is 8.10. The topological polar surface area (TPSA) is 61.4 Å². The van der Waals surface area contributed by atoms with Crippen LogP contribution in [0.3, 0.4) is 0 Å². The van der Waals surface area contributed by atoms with E-state index in [0.29, 0.717) is 5.91 Å². The van der Waals surface area contributed by atoms with Crippen LogP contribution in [-0.2, 0) is 11.3 Å². The molecule has 6 nitrogen and oxygen atoms in total. The molecular formula is C29H33N5O. The minimum atomic E-state index is 0.163. The van der Waals surface area contributed by atoms with Crippen molar-refractivity contribution in [1.82, 2.24) is 25.1 Å². The van der Waals surface area contributed by atoms with Gasteiger partial charge in [0.15, 0.2) is 0 Å². The van der Waals surface area contributed by atoms with Crippen molar-refractivity contribution in [3.8, 4) is 11.1 Å². The van der Waals surface area contributed by atoms with Gasteiger partial charge in [-0.05, 0) is 56.4 Å². The maximum absolute atomic E-state index is 13.0. The van der Waals surface area contributed by atoms with Crippen LogP contribution in [0.25, 0.3) is 21.9 Å². The molecule has 0 aliphatic carbocycles. The summed E-state index contributed by atoms with van der Waals surface area (Å²) in [5, 5.41) is 5.73. The van der Waals surface area contributed by atoms with Crippen molar-refractivity contribution in [3.63, 3.8) is 0 Å². The number of fused-ring (bicyclic) bond motifs is 1. The van der Waals surface area contributed by atoms with Gasteiger partial charge in [0.2, 0.25) is 5.91 Å². The standard InChI is InChI=1S/C29H33N5O/c35-28(22-7-13-30-14-8-22)34-16-10-29(11-17-34)9-15-33(21-29)20-26-27(24-5-3-12-31-18-24)25-6-2-1-4-23(25)19-32-26/h1-6,9,12,15,18-19,22,30H,7-8,10-11,13-14,16-17,20-21H2. The van der Waals surface area contributed by atoms with Gasteiger partial charge in [-0.2, -0.15) is 0 Å². The molecule has 2 saturated heterocycles. The largest absolute Gasteiger partial charge is 0.371 e. The van der Waals surface area contributed by atoms with Gasteiger partial charge in [-0.15, -0.1) is 0 Å². The van der Waals surface area contributed by atoms with Gasteiger partial charge >= 0.3 is 0 Å². The first-order valence-corrected chi connectivity index (χ1v) is 12.9. The van der Waals surface area contributed by atoms with Gasteiger partial charge < -0.3 is 15.1 Å². The van der Waals surface area contributed by atoms with Crippen LogP contribution >= 0.6 is 0 Å². The number of nitrogens with zero attached hydrogens (tertiary/aromatic N) is 4. The van der Waals surface area contributed by atoms with Gasteiger partial charge in [0.25, 0.3) is 0 Å². The van der Waals surface area contributed by atoms with Gasteiger partial charge in [0, 0.05) is 66.1 Å². The van der Waals surface area contributed by atoms with Gasteiger partial charge in [-0.1, -0.05) is 36.4 Å². The number of pyridine rings is 2. The molecule has 1 spiro atoms. The van der Waals surface area contributed by atoms with Gasteiger partial charge in [0.1, 0.15) is 0 Å². The molecular weight excluding hydrogens is 434 g/mol. The fourth-order valence-corrected chi connectivity index (χ4v) is 6.06. The highest BCUT2D eigenvalue weighted by atomic mass is 16.2. The van der Waals surface area contributed by atoms with Gasteiger partial charge in [-0.25, -0.2) is 0 Å². The summed E-state index contributed by atoms with van der Waals surface area (Å²) in [4.78, 5) is 26.8. The molecule has 3 aliphatic rings. The molecule has 3 aliphatic heterocycles. The Morgan fingerprint density at radius 3 is 2.69 bits per heavy atom. The van der Waals surface area contributed by atoms with Crippen molar-refractivity contribution in [2.24, 2.45) is 11.3 Å². The van der Waals surface area contributed by atoms with E-state index < -0.39 is 0 Å². The molecule has 35 heavy (non-hydrogen) atoms. The Bertz CT molecular complexity index is 1230. The zero-order chi connectivity index (χ0) is 23.7. The molecule has 6 rings (SSSR count). The Kier molecular flexibility index (Phi) is 5.98. The van der Waals surface area contributed by atoms with Crippen LogP contribution < -0.4 is 5.32 Å². The summed E-state index contributed by atoms with van der Waals surface area (Å²) < 4.78 is 0. The molecule has 0 saturated carbocycles. The molecule has 0 atom stereocenters. The van der Waals surface area contributed by atoms with Crippen LogP contribution in [0.5, 0.6) is 0 Å². The van der Waals surface area contributed by atoms with E-state index in [1.165, 1.54) is 10.9 Å². The van der Waals surface area contributed by atoms with Crippen LogP contribution in [0.2, 0.25) is 0 Å². The average Bonchev–Trinajstić information content (AvgIpc) is 3.31. The lowest BCUT2D eigenvalue weighted by atomic mass is 9.79. The summed E-state index contributed by atoms with van der Waals surface area (Å²) in [7, 11) is 0. The number of aromatic nitrogens is 2. The van der Waals surface area contributed by atoms with Gasteiger partial charge in [0.05, 0.1) is 12.2 Å². The molecule has 1 amide bonds. The van der Waals surface area contributed by atoms with E-state index >= 15 is 0 Å². The molecule has 5 heterocycles. The number of carbonyl (C=O) groups is 1. The molecule has 2 fully saturated rings. The zero-order valence-corrected chi connectivity index (χ0v) is 20.2. The highest BCUT2D eigenvalue weighted by Gasteiger charge is 2.39. The van der Waals surface area contributed by atoms with E-state index in [0.717, 1.165) is 81.6 Å². The number of likely N-dealkylation sites (tertiary alicyclic amines) is 1. The SMILES string of the molecule is O=C(C1CCNCC1)N1CCC2(C=CN(Cc3ncc4ccccc4c3-c3cccnc3)C2)CC1. The molecule has 0 bridgehead atoms. The molecule has 1 aromatic carbocycles. The Labute approximate surface area is 207 Å². The molecule has 180 valence electrons. The summed E-state index contributed by atoms with van der Waals surface area (Å²) in [6.07, 6.45) is 14.4. The minimum Gasteiger partial charge on any atom is -0.371 e. The lowest BCUT2D eigenvalue weighted by Crippen LogP contribution is -2.47. The van der Waals surface area contributed by atoms with Crippen molar-refractivity contribution in [2.45, 2.75) is 32.2 Å². The number of amides is 1. The Hall–Kier alpha value is -3.25. The lowest BCUT2D eigenvalue weighted by molar-refractivity contribution is -0.138. The highest BCUT2D eigenvalue weighted by Crippen LogP contribution is 2.40. The lowest BCUT2D eigenvalue weighted by Gasteiger charge is -2.40. The summed E-state index contributed by atoms with van der Waals surface area (Å²) in [6.45, 7) is 5.44. The molecule has 6 heteroatoms. The quantitative estimate of drug-likeness (QED) is 0.622. The predicted octanol–water partition coefficient (Wildman–Crippen LogP) is 4.23. The van der Waals surface area contributed by atoms with E-state index in [1.54, 1.807) is 0 Å². The first-order valence-electron chi connectivity index (χ1n) is 12.9. The summed E-state index contributed by atoms with van der Waals surface area (Å²) in [5.41, 5.74) is 3.52. The number of piperidine rings is 2. The van der Waals surface area contributed by atoms with E-state index in [2.05, 4.69) is 62.7 Å². The van der Waals surface area contributed by atoms with Crippen LogP contribution in [0.1, 0.15) is 31.4 Å². The summed E-state index contributed by atoms with van der Waals surface area (Å²) in [6, 6.07) is 12.6. The second-order valence-electron chi connectivity index (χ2n) is 10.3. The molecule has 0 unspecified atom stereocenters. The second-order valence-corrected chi connectivity index (χ2v) is 10.3. The van der Waals surface area contributed by atoms with Crippen molar-refractivity contribution < 1.29 is 4.79 Å². The van der Waals surface area contributed by atoms with Crippen LogP contribution in [-0.4, -0.2) is 58.4 Å². The number of rotatable bonds is 4. The van der Waals surface area contributed by atoms with E-state index in [9.17, 15) is 4.79 Å². The monoisotopic (exact) mass is 467 g/mol. The molecule has 2 aromatic heterocycles. The van der Waals surface area contributed by atoms with Crippen molar-refractivity contribution in [1.29, 1.82) is 0 Å². The third-order valence-corrected chi connectivity index (χ3v) is 8.10. The molecule has 3 aromatic rings. The zero-order valence-electron chi connectivity index (χ0n) is 20.2. The predicted molar refractivity (Wildman–Crippen MR) is 138 cm³/mol. The van der Waals surface area contributed by atoms with Crippen molar-refractivity contribution in [3.05, 3.63) is 73.0 Å². The maximum atomic E-state index is 13.0. The summed E-state index contributed by atoms with van der Waals surface area (Å²) in [5.74, 6) is 0.590. The van der Waals surface area contributed by atoms with Crippen molar-refractivity contribution >= 4 is 16.7 Å². The first kappa shape index (κ1) is 22.2. The maximum Gasteiger partial charge on any atom is 0.225 e. The van der Waals surface area contributed by atoms with E-state index in [-0.39, 0.29) is 11.3 Å².